The minimum Gasteiger partial charge on any atom is -0.478 e. The Balaban J connectivity index is 2.52. The lowest BCUT2D eigenvalue weighted by molar-refractivity contribution is -0.0664. The van der Waals surface area contributed by atoms with Crippen LogP contribution in [0.1, 0.15) is 10.4 Å². The van der Waals surface area contributed by atoms with Gasteiger partial charge in [-0.15, -0.1) is 0 Å². The van der Waals surface area contributed by atoms with Crippen LogP contribution in [0.15, 0.2) is 22.6 Å². The molecular weight excluding hydrogens is 224 g/mol. The molecule has 5 nitrogen and oxygen atoms in total. The molecule has 0 bridgehead atoms. The first-order valence-electron chi connectivity index (χ1n) is 4.15. The number of carboxylic acids is 1. The predicted molar refractivity (Wildman–Crippen MR) is 47.6 cm³/mol. The molecule has 2 aromatic rings. The number of carbonyl (C=O) groups is 1. The quantitative estimate of drug-likeness (QED) is 0.872. The summed E-state index contributed by atoms with van der Waals surface area (Å²) in [6.45, 7) is -3.07. The average molecular weight is 229 g/mol. The zero-order chi connectivity index (χ0) is 11.7. The zero-order valence-corrected chi connectivity index (χ0v) is 7.68. The van der Waals surface area contributed by atoms with Gasteiger partial charge in [0.05, 0.1) is 5.56 Å². The van der Waals surface area contributed by atoms with E-state index in [4.69, 9.17) is 9.52 Å². The molecule has 0 atom stereocenters. The lowest BCUT2D eigenvalue weighted by Gasteiger charge is -1.94. The highest BCUT2D eigenvalue weighted by molar-refractivity contribution is 6.00. The standard InChI is InChI=1S/C9H5F2NO4/c10-8(11)16-9-12-6-4(7(13)14)2-1-3-5(6)15-9/h1-3,8H,(H,13,14). The summed E-state index contributed by atoms with van der Waals surface area (Å²) < 4.78 is 32.5. The minimum absolute atomic E-state index is 0.0225. The highest BCUT2D eigenvalue weighted by atomic mass is 19.3. The highest BCUT2D eigenvalue weighted by Gasteiger charge is 2.17. The molecule has 0 aliphatic rings. The maximum atomic E-state index is 11.9. The number of oxazole rings is 1. The van der Waals surface area contributed by atoms with Gasteiger partial charge in [-0.3, -0.25) is 0 Å². The van der Waals surface area contributed by atoms with Gasteiger partial charge in [0.2, 0.25) is 0 Å². The molecule has 0 saturated heterocycles. The second-order valence-electron chi connectivity index (χ2n) is 2.82. The molecule has 1 aromatic carbocycles. The Morgan fingerprint density at radius 1 is 1.50 bits per heavy atom. The van der Waals surface area contributed by atoms with Crippen molar-refractivity contribution in [1.82, 2.24) is 4.98 Å². The Bertz CT molecular complexity index is 537. The van der Waals surface area contributed by atoms with Crippen LogP contribution in [0, 0.1) is 0 Å². The van der Waals surface area contributed by atoms with Crippen LogP contribution in [0.2, 0.25) is 0 Å². The maximum Gasteiger partial charge on any atom is 0.399 e. The molecule has 16 heavy (non-hydrogen) atoms. The van der Waals surface area contributed by atoms with Gasteiger partial charge in [0.25, 0.3) is 0 Å². The van der Waals surface area contributed by atoms with Crippen molar-refractivity contribution in [3.05, 3.63) is 23.8 Å². The number of alkyl halides is 2. The summed E-state index contributed by atoms with van der Waals surface area (Å²) >= 11 is 0. The molecule has 0 amide bonds. The topological polar surface area (TPSA) is 72.6 Å². The van der Waals surface area contributed by atoms with Gasteiger partial charge in [-0.2, -0.15) is 13.8 Å². The van der Waals surface area contributed by atoms with E-state index in [0.717, 1.165) is 0 Å². The maximum absolute atomic E-state index is 11.9. The molecule has 0 fully saturated rings. The van der Waals surface area contributed by atoms with Gasteiger partial charge < -0.3 is 14.3 Å². The van der Waals surface area contributed by atoms with Crippen molar-refractivity contribution in [2.45, 2.75) is 6.61 Å². The Hall–Kier alpha value is -2.18. The molecule has 0 radical (unpaired) electrons. The molecule has 0 aliphatic carbocycles. The van der Waals surface area contributed by atoms with Gasteiger partial charge in [0.15, 0.2) is 5.58 Å². The van der Waals surface area contributed by atoms with Crippen molar-refractivity contribution in [3.63, 3.8) is 0 Å². The number of halogens is 2. The number of aromatic carboxylic acids is 1. The fraction of sp³-hybridized carbons (Fsp3) is 0.111. The Labute approximate surface area is 87.3 Å². The lowest BCUT2D eigenvalue weighted by atomic mass is 10.2. The first-order chi connectivity index (χ1) is 7.58. The number of benzene rings is 1. The van der Waals surface area contributed by atoms with E-state index in [2.05, 4.69) is 9.72 Å². The third-order valence-electron chi connectivity index (χ3n) is 1.82. The number of hydrogen-bond acceptors (Lipinski definition) is 4. The largest absolute Gasteiger partial charge is 0.478 e. The minimum atomic E-state index is -3.07. The Kier molecular flexibility index (Phi) is 2.43. The van der Waals surface area contributed by atoms with Crippen LogP contribution in [0.3, 0.4) is 0 Å². The van der Waals surface area contributed by atoms with Gasteiger partial charge in [-0.05, 0) is 12.1 Å². The van der Waals surface area contributed by atoms with E-state index in [0.29, 0.717) is 0 Å². The second-order valence-corrected chi connectivity index (χ2v) is 2.82. The number of aromatic nitrogens is 1. The zero-order valence-electron chi connectivity index (χ0n) is 7.68. The number of hydrogen-bond donors (Lipinski definition) is 1. The van der Waals surface area contributed by atoms with Gasteiger partial charge in [0.1, 0.15) is 5.52 Å². The molecule has 0 spiro atoms. The van der Waals surface area contributed by atoms with Gasteiger partial charge in [-0.1, -0.05) is 6.07 Å². The van der Waals surface area contributed by atoms with Crippen LogP contribution in [0.5, 0.6) is 6.08 Å². The fourth-order valence-corrected chi connectivity index (χ4v) is 1.23. The number of nitrogens with zero attached hydrogens (tertiary/aromatic N) is 1. The molecule has 1 aromatic heterocycles. The predicted octanol–water partition coefficient (Wildman–Crippen LogP) is 2.13. The van der Waals surface area contributed by atoms with E-state index in [1.807, 2.05) is 0 Å². The van der Waals surface area contributed by atoms with E-state index in [1.54, 1.807) is 0 Å². The average Bonchev–Trinajstić information content (AvgIpc) is 2.57. The summed E-state index contributed by atoms with van der Waals surface area (Å²) in [5.41, 5.74) is -0.0773. The van der Waals surface area contributed by atoms with Gasteiger partial charge >= 0.3 is 18.7 Å². The van der Waals surface area contributed by atoms with Crippen molar-refractivity contribution in [2.24, 2.45) is 0 Å². The van der Waals surface area contributed by atoms with Crippen LogP contribution < -0.4 is 4.74 Å². The summed E-state index contributed by atoms with van der Waals surface area (Å²) in [7, 11) is 0. The van der Waals surface area contributed by atoms with Crippen molar-refractivity contribution in [1.29, 1.82) is 0 Å². The van der Waals surface area contributed by atoms with Crippen molar-refractivity contribution >= 4 is 17.1 Å². The molecule has 0 unspecified atom stereocenters. The molecule has 84 valence electrons. The van der Waals surface area contributed by atoms with Gasteiger partial charge in [0, 0.05) is 0 Å². The monoisotopic (exact) mass is 229 g/mol. The third-order valence-corrected chi connectivity index (χ3v) is 1.82. The van der Waals surface area contributed by atoms with Crippen LogP contribution in [-0.4, -0.2) is 22.7 Å². The fourth-order valence-electron chi connectivity index (χ4n) is 1.23. The first-order valence-corrected chi connectivity index (χ1v) is 4.15. The molecule has 1 N–H and O–H groups in total. The Morgan fingerprint density at radius 3 is 2.88 bits per heavy atom. The number of fused-ring (bicyclic) bond motifs is 1. The lowest BCUT2D eigenvalue weighted by Crippen LogP contribution is -2.02. The summed E-state index contributed by atoms with van der Waals surface area (Å²) in [6.07, 6.45) is -0.654. The van der Waals surface area contributed by atoms with Crippen LogP contribution >= 0.6 is 0 Å². The molecule has 0 saturated carbocycles. The first kappa shape index (κ1) is 10.3. The van der Waals surface area contributed by atoms with E-state index >= 15 is 0 Å². The normalized spacial score (nSPS) is 10.9. The molecule has 7 heteroatoms. The van der Waals surface area contributed by atoms with Crippen LogP contribution in [0.25, 0.3) is 11.1 Å². The van der Waals surface area contributed by atoms with Crippen molar-refractivity contribution in [2.75, 3.05) is 0 Å². The summed E-state index contributed by atoms with van der Waals surface area (Å²) in [5.74, 6) is -1.22. The van der Waals surface area contributed by atoms with E-state index in [-0.39, 0.29) is 16.7 Å². The number of rotatable bonds is 3. The number of carboxylic acid groups (broad SMARTS) is 1. The summed E-state index contributed by atoms with van der Waals surface area (Å²) in [4.78, 5) is 14.3. The van der Waals surface area contributed by atoms with E-state index < -0.39 is 18.7 Å². The van der Waals surface area contributed by atoms with Crippen molar-refractivity contribution in [3.8, 4) is 6.08 Å². The summed E-state index contributed by atoms with van der Waals surface area (Å²) in [6, 6.07) is 4.12. The SMILES string of the molecule is O=C(O)c1cccc2oc(OC(F)F)nc12. The smallest absolute Gasteiger partial charge is 0.399 e. The van der Waals surface area contributed by atoms with Crippen LogP contribution in [-0.2, 0) is 0 Å². The van der Waals surface area contributed by atoms with Crippen LogP contribution in [0.4, 0.5) is 8.78 Å². The highest BCUT2D eigenvalue weighted by Crippen LogP contribution is 2.24. The molecule has 2 rings (SSSR count). The number of ether oxygens (including phenoxy) is 1. The molecular formula is C9H5F2NO4. The Morgan fingerprint density at radius 2 is 2.25 bits per heavy atom. The second kappa shape index (κ2) is 3.76. The van der Waals surface area contributed by atoms with Gasteiger partial charge in [-0.25, -0.2) is 4.79 Å². The third kappa shape index (κ3) is 1.79. The number of para-hydroxylation sites is 1. The van der Waals surface area contributed by atoms with E-state index in [9.17, 15) is 13.6 Å². The van der Waals surface area contributed by atoms with Crippen molar-refractivity contribution < 1.29 is 27.8 Å². The molecule has 0 aliphatic heterocycles. The van der Waals surface area contributed by atoms with E-state index in [1.165, 1.54) is 18.2 Å². The summed E-state index contributed by atoms with van der Waals surface area (Å²) in [5, 5.41) is 8.80. The molecule has 1 heterocycles.